The van der Waals surface area contributed by atoms with Crippen LogP contribution in [-0.2, 0) is 42.0 Å². The quantitative estimate of drug-likeness (QED) is 0.142. The normalized spacial score (nSPS) is 21.5. The van der Waals surface area contributed by atoms with E-state index >= 15 is 4.79 Å². The van der Waals surface area contributed by atoms with Crippen molar-refractivity contribution in [2.75, 3.05) is 0 Å². The molecule has 50 heavy (non-hydrogen) atoms. The first-order valence-corrected chi connectivity index (χ1v) is 17.6. The molecule has 0 radical (unpaired) electrons. The predicted molar refractivity (Wildman–Crippen MR) is 197 cm³/mol. The van der Waals surface area contributed by atoms with Crippen LogP contribution in [0.3, 0.4) is 0 Å². The average Bonchev–Trinajstić information content (AvgIpc) is 3.43. The third-order valence-electron chi connectivity index (χ3n) is 9.75. The summed E-state index contributed by atoms with van der Waals surface area (Å²) >= 11 is 0. The Morgan fingerprint density at radius 3 is 1.58 bits per heavy atom. The van der Waals surface area contributed by atoms with Crippen LogP contribution in [0, 0.1) is 6.92 Å². The van der Waals surface area contributed by atoms with Gasteiger partial charge in [0.15, 0.2) is 5.79 Å². The molecule has 6 nitrogen and oxygen atoms in total. The number of carbonyl (C=O) groups is 1. The van der Waals surface area contributed by atoms with E-state index in [0.717, 1.165) is 39.1 Å². The highest BCUT2D eigenvalue weighted by atomic mass is 16.8. The number of carbonyl (C=O) groups excluding carboxylic acids is 1. The molecule has 6 heteroatoms. The summed E-state index contributed by atoms with van der Waals surface area (Å²) in [5, 5.41) is 0. The number of hydrogen-bond donors (Lipinski definition) is 0. The van der Waals surface area contributed by atoms with Crippen LogP contribution in [0.2, 0.25) is 0 Å². The maximum Gasteiger partial charge on any atom is 0.321 e. The molecule has 2 aliphatic rings. The van der Waals surface area contributed by atoms with E-state index in [9.17, 15) is 0 Å². The van der Waals surface area contributed by atoms with Crippen molar-refractivity contribution in [3.63, 3.8) is 0 Å². The van der Waals surface area contributed by atoms with Gasteiger partial charge in [0.1, 0.15) is 24.6 Å². The molecule has 2 fully saturated rings. The number of fused-ring (bicyclic) bond motifs is 1. The van der Waals surface area contributed by atoms with Crippen molar-refractivity contribution in [2.45, 2.75) is 83.4 Å². The lowest BCUT2D eigenvalue weighted by atomic mass is 9.91. The molecule has 7 rings (SSSR count). The lowest BCUT2D eigenvalue weighted by molar-refractivity contribution is -0.157. The Balaban J connectivity index is 1.27. The van der Waals surface area contributed by atoms with Gasteiger partial charge in [-0.3, -0.25) is 0 Å². The molecule has 0 aromatic heterocycles. The standard InChI is InChI=1S/C44H46N2O4/c1-32-14-13-21-37(26-32)30-46-40(28-34-17-9-5-10-18-34)42-41(49-44(2,3)50-42)39(27-33-15-7-4-8-16-33)45(43(46)47)29-35-22-24-38(25-23-35)48-31-36-19-11-6-12-20-36/h4-26,39-42H,27-31H2,1-3H3/t39-,40-,41+,42+/m1/s1. The second-order valence-electron chi connectivity index (χ2n) is 14.0. The lowest BCUT2D eigenvalue weighted by Gasteiger charge is -2.37. The molecule has 5 aromatic rings. The van der Waals surface area contributed by atoms with Crippen LogP contribution >= 0.6 is 0 Å². The summed E-state index contributed by atoms with van der Waals surface area (Å²) in [4.78, 5) is 19.4. The monoisotopic (exact) mass is 666 g/mol. The summed E-state index contributed by atoms with van der Waals surface area (Å²) in [5.74, 6) is -0.0168. The van der Waals surface area contributed by atoms with Gasteiger partial charge in [-0.05, 0) is 73.6 Å². The minimum absolute atomic E-state index is 0.0165. The number of nitrogens with zero attached hydrogens (tertiary/aromatic N) is 2. The Kier molecular flexibility index (Phi) is 10.0. The summed E-state index contributed by atoms with van der Waals surface area (Å²) in [6, 6.07) is 47.0. The van der Waals surface area contributed by atoms with Gasteiger partial charge in [0, 0.05) is 13.1 Å². The topological polar surface area (TPSA) is 51.2 Å². The maximum atomic E-state index is 15.3. The van der Waals surface area contributed by atoms with Gasteiger partial charge in [0.2, 0.25) is 0 Å². The van der Waals surface area contributed by atoms with E-state index in [1.165, 1.54) is 0 Å². The molecular weight excluding hydrogens is 620 g/mol. The van der Waals surface area contributed by atoms with Gasteiger partial charge in [-0.1, -0.05) is 133 Å². The Bertz CT molecular complexity index is 1850. The van der Waals surface area contributed by atoms with Gasteiger partial charge in [-0.15, -0.1) is 0 Å². The fourth-order valence-electron chi connectivity index (χ4n) is 7.39. The summed E-state index contributed by atoms with van der Waals surface area (Å²) in [7, 11) is 0. The van der Waals surface area contributed by atoms with Crippen molar-refractivity contribution < 1.29 is 19.0 Å². The van der Waals surface area contributed by atoms with Crippen molar-refractivity contribution in [1.82, 2.24) is 9.80 Å². The van der Waals surface area contributed by atoms with Gasteiger partial charge in [0.25, 0.3) is 0 Å². The number of urea groups is 1. The first-order valence-electron chi connectivity index (χ1n) is 17.6. The highest BCUT2D eigenvalue weighted by molar-refractivity contribution is 5.76. The molecule has 0 saturated carbocycles. The highest BCUT2D eigenvalue weighted by Gasteiger charge is 2.55. The number of hydrogen-bond acceptors (Lipinski definition) is 4. The molecule has 2 amide bonds. The van der Waals surface area contributed by atoms with E-state index in [4.69, 9.17) is 14.2 Å². The second kappa shape index (κ2) is 14.9. The molecule has 0 unspecified atom stereocenters. The zero-order chi connectivity index (χ0) is 34.5. The fraction of sp³-hybridized carbons (Fsp3) is 0.295. The largest absolute Gasteiger partial charge is 0.489 e. The van der Waals surface area contributed by atoms with E-state index in [1.807, 2.05) is 66.1 Å². The predicted octanol–water partition coefficient (Wildman–Crippen LogP) is 8.75. The van der Waals surface area contributed by atoms with Crippen molar-refractivity contribution in [1.29, 1.82) is 0 Å². The Hall–Kier alpha value is -4.91. The van der Waals surface area contributed by atoms with Crippen LogP contribution in [-0.4, -0.2) is 45.9 Å². The summed E-state index contributed by atoms with van der Waals surface area (Å²) < 4.78 is 19.8. The van der Waals surface area contributed by atoms with E-state index in [-0.39, 0.29) is 30.3 Å². The number of ether oxygens (including phenoxy) is 3. The lowest BCUT2D eigenvalue weighted by Crippen LogP contribution is -2.51. The molecule has 5 aromatic carbocycles. The molecule has 256 valence electrons. The molecule has 2 aliphatic heterocycles. The van der Waals surface area contributed by atoms with Gasteiger partial charge in [0.05, 0.1) is 12.1 Å². The maximum absolute atomic E-state index is 15.3. The molecule has 0 spiro atoms. The third-order valence-corrected chi connectivity index (χ3v) is 9.75. The molecule has 2 saturated heterocycles. The van der Waals surface area contributed by atoms with Crippen LogP contribution in [0.15, 0.2) is 140 Å². The Morgan fingerprint density at radius 1 is 0.580 bits per heavy atom. The Labute approximate surface area is 296 Å². The minimum Gasteiger partial charge on any atom is -0.489 e. The molecule has 0 aliphatic carbocycles. The van der Waals surface area contributed by atoms with E-state index in [1.54, 1.807) is 0 Å². The average molecular weight is 667 g/mol. The third kappa shape index (κ3) is 7.93. The molecule has 0 N–H and O–H groups in total. The summed E-state index contributed by atoms with van der Waals surface area (Å²) in [6.45, 7) is 7.46. The molecular formula is C44H46N2O4. The van der Waals surface area contributed by atoms with E-state index in [0.29, 0.717) is 32.5 Å². The second-order valence-corrected chi connectivity index (χ2v) is 14.0. The number of amides is 2. The summed E-state index contributed by atoms with van der Waals surface area (Å²) in [5.41, 5.74) is 6.70. The van der Waals surface area contributed by atoms with Crippen molar-refractivity contribution >= 4 is 6.03 Å². The van der Waals surface area contributed by atoms with Crippen LogP contribution in [0.1, 0.15) is 47.2 Å². The smallest absolute Gasteiger partial charge is 0.321 e. The number of aryl methyl sites for hydroxylation is 1. The SMILES string of the molecule is Cc1cccc(CN2C(=O)N(Cc3ccc(OCc4ccccc4)cc3)[C@H](Cc3ccccc3)[C@@H]3OC(C)(C)O[C@H]3[C@H]2Cc2ccccc2)c1. The van der Waals surface area contributed by atoms with E-state index < -0.39 is 5.79 Å². The fourth-order valence-corrected chi connectivity index (χ4v) is 7.39. The minimum atomic E-state index is -0.808. The Morgan fingerprint density at radius 2 is 1.06 bits per heavy atom. The van der Waals surface area contributed by atoms with Crippen molar-refractivity contribution in [2.24, 2.45) is 0 Å². The van der Waals surface area contributed by atoms with Crippen LogP contribution < -0.4 is 4.74 Å². The molecule has 0 bridgehead atoms. The van der Waals surface area contributed by atoms with Crippen molar-refractivity contribution in [3.8, 4) is 5.75 Å². The first kappa shape index (κ1) is 33.6. The van der Waals surface area contributed by atoms with Crippen LogP contribution in [0.25, 0.3) is 0 Å². The van der Waals surface area contributed by atoms with Gasteiger partial charge in [-0.2, -0.15) is 0 Å². The zero-order valence-corrected chi connectivity index (χ0v) is 29.2. The first-order chi connectivity index (χ1) is 24.3. The van der Waals surface area contributed by atoms with Gasteiger partial charge < -0.3 is 24.0 Å². The zero-order valence-electron chi connectivity index (χ0n) is 29.2. The van der Waals surface area contributed by atoms with Gasteiger partial charge >= 0.3 is 6.03 Å². The molecule has 4 atom stereocenters. The van der Waals surface area contributed by atoms with Gasteiger partial charge in [-0.25, -0.2) is 4.79 Å². The van der Waals surface area contributed by atoms with Crippen LogP contribution in [0.5, 0.6) is 5.75 Å². The number of benzene rings is 5. The van der Waals surface area contributed by atoms with Crippen molar-refractivity contribution in [3.05, 3.63) is 173 Å². The van der Waals surface area contributed by atoms with E-state index in [2.05, 4.69) is 104 Å². The van der Waals surface area contributed by atoms with Crippen LogP contribution in [0.4, 0.5) is 4.79 Å². The summed E-state index contributed by atoms with van der Waals surface area (Å²) in [6.07, 6.45) is 0.602. The highest BCUT2D eigenvalue weighted by Crippen LogP contribution is 2.40. The number of rotatable bonds is 11. The molecule has 2 heterocycles.